The van der Waals surface area contributed by atoms with E-state index in [4.69, 9.17) is 0 Å². The van der Waals surface area contributed by atoms with E-state index in [1.54, 1.807) is 4.90 Å². The number of para-hydroxylation sites is 1. The van der Waals surface area contributed by atoms with Crippen LogP contribution < -0.4 is 4.90 Å². The molecule has 130 valence electrons. The zero-order valence-corrected chi connectivity index (χ0v) is 15.0. The molecular weight excluding hydrogens is 300 g/mol. The molecular formula is C20H28N2O2. The summed E-state index contributed by atoms with van der Waals surface area (Å²) < 4.78 is 0. The summed E-state index contributed by atoms with van der Waals surface area (Å²) in [6, 6.07) is 7.67. The van der Waals surface area contributed by atoms with Crippen LogP contribution in [0.1, 0.15) is 57.1 Å². The molecule has 1 aromatic carbocycles. The van der Waals surface area contributed by atoms with Crippen LogP contribution in [0.3, 0.4) is 0 Å². The maximum Gasteiger partial charge on any atom is 0.407 e. The van der Waals surface area contributed by atoms with E-state index in [-0.39, 0.29) is 5.41 Å². The number of hydrogen-bond donors (Lipinski definition) is 1. The molecule has 0 aromatic heterocycles. The highest BCUT2D eigenvalue weighted by atomic mass is 16.4. The number of likely N-dealkylation sites (tertiary alicyclic amines) is 1. The Hall–Kier alpha value is -1.71. The fourth-order valence-electron chi connectivity index (χ4n) is 5.22. The average molecular weight is 328 g/mol. The van der Waals surface area contributed by atoms with Crippen LogP contribution in [0.5, 0.6) is 0 Å². The molecule has 1 fully saturated rings. The van der Waals surface area contributed by atoms with Crippen molar-refractivity contribution in [2.45, 2.75) is 64.5 Å². The number of anilines is 1. The van der Waals surface area contributed by atoms with E-state index in [0.717, 1.165) is 19.3 Å². The zero-order valence-electron chi connectivity index (χ0n) is 15.0. The van der Waals surface area contributed by atoms with Crippen molar-refractivity contribution in [2.24, 2.45) is 5.41 Å². The second kappa shape index (κ2) is 5.40. The lowest BCUT2D eigenvalue weighted by Crippen LogP contribution is -2.51. The number of nitrogens with zero attached hydrogens (tertiary/aromatic N) is 2. The smallest absolute Gasteiger partial charge is 0.407 e. The number of carboxylic acid groups (broad SMARTS) is 1. The minimum atomic E-state index is -0.769. The highest BCUT2D eigenvalue weighted by Gasteiger charge is 2.48. The van der Waals surface area contributed by atoms with Gasteiger partial charge >= 0.3 is 6.09 Å². The molecule has 3 heterocycles. The lowest BCUT2D eigenvalue weighted by atomic mass is 9.79. The van der Waals surface area contributed by atoms with E-state index in [2.05, 4.69) is 43.9 Å². The Morgan fingerprint density at radius 2 is 2.04 bits per heavy atom. The second-order valence-corrected chi connectivity index (χ2v) is 8.73. The van der Waals surface area contributed by atoms with Gasteiger partial charge in [0.2, 0.25) is 0 Å². The van der Waals surface area contributed by atoms with Gasteiger partial charge in [-0.15, -0.1) is 0 Å². The van der Waals surface area contributed by atoms with Crippen molar-refractivity contribution in [1.29, 1.82) is 0 Å². The van der Waals surface area contributed by atoms with Gasteiger partial charge < -0.3 is 14.9 Å². The second-order valence-electron chi connectivity index (χ2n) is 8.73. The summed E-state index contributed by atoms with van der Waals surface area (Å²) in [6.07, 6.45) is 3.63. The number of amides is 1. The fraction of sp³-hybridized carbons (Fsp3) is 0.650. The van der Waals surface area contributed by atoms with Gasteiger partial charge in [-0.05, 0) is 42.2 Å². The van der Waals surface area contributed by atoms with E-state index in [1.807, 2.05) is 0 Å². The van der Waals surface area contributed by atoms with Crippen molar-refractivity contribution < 1.29 is 9.90 Å². The van der Waals surface area contributed by atoms with Crippen molar-refractivity contribution in [1.82, 2.24) is 4.90 Å². The third-order valence-corrected chi connectivity index (χ3v) is 6.27. The van der Waals surface area contributed by atoms with Gasteiger partial charge in [0.1, 0.15) is 0 Å². The van der Waals surface area contributed by atoms with Crippen LogP contribution in [0.4, 0.5) is 10.5 Å². The van der Waals surface area contributed by atoms with Gasteiger partial charge in [-0.3, -0.25) is 0 Å². The van der Waals surface area contributed by atoms with Gasteiger partial charge in [-0.2, -0.15) is 0 Å². The molecule has 1 aromatic rings. The molecule has 0 spiro atoms. The van der Waals surface area contributed by atoms with E-state index in [9.17, 15) is 9.90 Å². The highest BCUT2D eigenvalue weighted by molar-refractivity contribution is 5.70. The summed E-state index contributed by atoms with van der Waals surface area (Å²) in [6.45, 7) is 8.35. The predicted molar refractivity (Wildman–Crippen MR) is 95.8 cm³/mol. The van der Waals surface area contributed by atoms with Gasteiger partial charge in [0, 0.05) is 36.8 Å². The third kappa shape index (κ3) is 2.30. The summed E-state index contributed by atoms with van der Waals surface area (Å²) in [5, 5.41) is 9.51. The van der Waals surface area contributed by atoms with Crippen LogP contribution in [0.2, 0.25) is 0 Å². The predicted octanol–water partition coefficient (Wildman–Crippen LogP) is 4.09. The number of aryl methyl sites for hydroxylation is 1. The fourth-order valence-corrected chi connectivity index (χ4v) is 5.22. The molecule has 3 atom stereocenters. The van der Waals surface area contributed by atoms with Crippen molar-refractivity contribution >= 4 is 11.8 Å². The molecule has 0 aliphatic carbocycles. The molecule has 1 unspecified atom stereocenters. The topological polar surface area (TPSA) is 43.8 Å². The van der Waals surface area contributed by atoms with Crippen LogP contribution in [0, 0.1) is 5.41 Å². The Morgan fingerprint density at radius 1 is 1.25 bits per heavy atom. The van der Waals surface area contributed by atoms with Gasteiger partial charge in [0.05, 0.1) is 0 Å². The normalized spacial score (nSPS) is 29.0. The number of hydrogen-bond acceptors (Lipinski definition) is 2. The molecule has 3 aliphatic heterocycles. The number of fused-ring (bicyclic) bond motifs is 3. The first-order valence-corrected chi connectivity index (χ1v) is 9.26. The first-order chi connectivity index (χ1) is 11.4. The standard InChI is InChI=1S/C20H28N2O2/c1-20(2,3)17-10-9-13-6-4-7-14-15-12-21(19(23)24)11-5-8-16(15)22(17)18(13)14/h4,6-7,15-17H,5,8-12H2,1-3H3,(H,23,24)/t15-,16-,17?/m0/s1. The average Bonchev–Trinajstić information content (AvgIpc) is 2.70. The lowest BCUT2D eigenvalue weighted by molar-refractivity contribution is 0.144. The van der Waals surface area contributed by atoms with E-state index >= 15 is 0 Å². The van der Waals surface area contributed by atoms with E-state index in [1.165, 1.54) is 23.2 Å². The van der Waals surface area contributed by atoms with Crippen LogP contribution in [0.25, 0.3) is 0 Å². The molecule has 1 saturated heterocycles. The highest BCUT2D eigenvalue weighted by Crippen LogP contribution is 2.52. The van der Waals surface area contributed by atoms with Gasteiger partial charge in [0.15, 0.2) is 0 Å². The van der Waals surface area contributed by atoms with Gasteiger partial charge in [-0.1, -0.05) is 39.0 Å². The van der Waals surface area contributed by atoms with Crippen LogP contribution >= 0.6 is 0 Å². The Kier molecular flexibility index (Phi) is 3.55. The molecule has 4 nitrogen and oxygen atoms in total. The number of rotatable bonds is 0. The maximum absolute atomic E-state index is 11.6. The minimum Gasteiger partial charge on any atom is -0.465 e. The molecule has 4 rings (SSSR count). The van der Waals surface area contributed by atoms with Crippen LogP contribution in [-0.2, 0) is 6.42 Å². The van der Waals surface area contributed by atoms with Crippen LogP contribution in [-0.4, -0.2) is 41.3 Å². The van der Waals surface area contributed by atoms with Crippen molar-refractivity contribution in [3.63, 3.8) is 0 Å². The van der Waals surface area contributed by atoms with Crippen molar-refractivity contribution in [3.8, 4) is 0 Å². The Balaban J connectivity index is 1.80. The number of carbonyl (C=O) groups is 1. The molecule has 3 aliphatic rings. The first-order valence-electron chi connectivity index (χ1n) is 9.26. The number of benzene rings is 1. The molecule has 0 saturated carbocycles. The molecule has 1 N–H and O–H groups in total. The maximum atomic E-state index is 11.6. The molecule has 0 bridgehead atoms. The molecule has 24 heavy (non-hydrogen) atoms. The van der Waals surface area contributed by atoms with E-state index < -0.39 is 6.09 Å². The van der Waals surface area contributed by atoms with Crippen LogP contribution in [0.15, 0.2) is 18.2 Å². The largest absolute Gasteiger partial charge is 0.465 e. The first kappa shape index (κ1) is 15.8. The summed E-state index contributed by atoms with van der Waals surface area (Å²) in [7, 11) is 0. The third-order valence-electron chi connectivity index (χ3n) is 6.27. The van der Waals surface area contributed by atoms with E-state index in [0.29, 0.717) is 31.1 Å². The van der Waals surface area contributed by atoms with Crippen molar-refractivity contribution in [3.05, 3.63) is 29.3 Å². The molecule has 1 amide bonds. The monoisotopic (exact) mass is 328 g/mol. The van der Waals surface area contributed by atoms with Gasteiger partial charge in [-0.25, -0.2) is 4.79 Å². The van der Waals surface area contributed by atoms with Gasteiger partial charge in [0.25, 0.3) is 0 Å². The lowest BCUT2D eigenvalue weighted by Gasteiger charge is -2.47. The SMILES string of the molecule is CC(C)(C)C1CCc2cccc3c2N1[C@H]1CCCN(C(=O)O)C[C@@H]31. The molecule has 4 heteroatoms. The Morgan fingerprint density at radius 3 is 2.75 bits per heavy atom. The molecule has 0 radical (unpaired) electrons. The summed E-state index contributed by atoms with van der Waals surface area (Å²) in [5.74, 6) is 0.321. The zero-order chi connectivity index (χ0) is 17.1. The summed E-state index contributed by atoms with van der Waals surface area (Å²) >= 11 is 0. The van der Waals surface area contributed by atoms with Crippen molar-refractivity contribution in [2.75, 3.05) is 18.0 Å². The summed E-state index contributed by atoms with van der Waals surface area (Å²) in [5.41, 5.74) is 4.52. The Bertz CT molecular complexity index is 664. The quantitative estimate of drug-likeness (QED) is 0.780. The Labute approximate surface area is 144 Å². The summed E-state index contributed by atoms with van der Waals surface area (Å²) in [4.78, 5) is 15.9. The minimum absolute atomic E-state index is 0.235.